The summed E-state index contributed by atoms with van der Waals surface area (Å²) < 4.78 is 0. The van der Waals surface area contributed by atoms with Crippen LogP contribution in [0.25, 0.3) is 0 Å². The van der Waals surface area contributed by atoms with Crippen LogP contribution >= 0.6 is 0 Å². The third kappa shape index (κ3) is 2.62. The first-order valence-electron chi connectivity index (χ1n) is 6.08. The second-order valence-corrected chi connectivity index (χ2v) is 4.56. The summed E-state index contributed by atoms with van der Waals surface area (Å²) in [4.78, 5) is 10.7. The largest absolute Gasteiger partial charge is 0.382 e. The summed E-state index contributed by atoms with van der Waals surface area (Å²) in [6.07, 6.45) is 11.3. The second-order valence-electron chi connectivity index (χ2n) is 4.56. The molecular weight excluding hydrogens is 200 g/mol. The summed E-state index contributed by atoms with van der Waals surface area (Å²) in [7, 11) is 2.11. The molecule has 0 bridgehead atoms. The van der Waals surface area contributed by atoms with E-state index in [0.29, 0.717) is 11.9 Å². The minimum absolute atomic E-state index is 0.484. The van der Waals surface area contributed by atoms with Gasteiger partial charge in [0, 0.05) is 13.1 Å². The molecule has 1 aromatic heterocycles. The Bertz CT molecular complexity index is 314. The molecule has 4 heteroatoms. The number of nitrogens with two attached hydrogens (primary N) is 1. The number of nitrogens with zero attached hydrogens (tertiary/aromatic N) is 3. The van der Waals surface area contributed by atoms with Gasteiger partial charge < -0.3 is 10.6 Å². The first-order valence-corrected chi connectivity index (χ1v) is 6.08. The van der Waals surface area contributed by atoms with E-state index in [0.717, 1.165) is 5.82 Å². The molecule has 16 heavy (non-hydrogen) atoms. The molecule has 0 saturated heterocycles. The minimum Gasteiger partial charge on any atom is -0.382 e. The zero-order valence-corrected chi connectivity index (χ0v) is 9.89. The van der Waals surface area contributed by atoms with Crippen LogP contribution in [0.2, 0.25) is 0 Å². The van der Waals surface area contributed by atoms with Crippen molar-refractivity contribution in [3.05, 3.63) is 12.4 Å². The van der Waals surface area contributed by atoms with Crippen molar-refractivity contribution < 1.29 is 0 Å². The van der Waals surface area contributed by atoms with Crippen LogP contribution < -0.4 is 10.6 Å². The molecule has 88 valence electrons. The average molecular weight is 220 g/mol. The lowest BCUT2D eigenvalue weighted by Crippen LogP contribution is -2.31. The maximum absolute atomic E-state index is 5.54. The Morgan fingerprint density at radius 3 is 2.38 bits per heavy atom. The second kappa shape index (κ2) is 5.14. The molecule has 1 heterocycles. The minimum atomic E-state index is 0.484. The maximum Gasteiger partial charge on any atom is 0.147 e. The molecule has 1 saturated carbocycles. The van der Waals surface area contributed by atoms with Crippen molar-refractivity contribution in [1.82, 2.24) is 9.97 Å². The molecule has 4 nitrogen and oxygen atoms in total. The van der Waals surface area contributed by atoms with Crippen LogP contribution in [0.5, 0.6) is 0 Å². The summed E-state index contributed by atoms with van der Waals surface area (Å²) in [5.41, 5.74) is 5.54. The lowest BCUT2D eigenvalue weighted by atomic mass is 10.1. The van der Waals surface area contributed by atoms with Gasteiger partial charge in [-0.2, -0.15) is 0 Å². The zero-order valence-electron chi connectivity index (χ0n) is 9.89. The van der Waals surface area contributed by atoms with Gasteiger partial charge in [0.2, 0.25) is 0 Å². The molecule has 0 radical (unpaired) electrons. The van der Waals surface area contributed by atoms with Gasteiger partial charge in [0.15, 0.2) is 0 Å². The smallest absolute Gasteiger partial charge is 0.147 e. The Balaban J connectivity index is 2.04. The fourth-order valence-corrected chi connectivity index (χ4v) is 2.35. The van der Waals surface area contributed by atoms with Gasteiger partial charge in [-0.05, 0) is 12.8 Å². The standard InChI is InChI=1S/C12H20N4/c1-16(10-6-4-2-3-5-7-10)12-9-14-11(13)8-15-12/h8-10H,2-7H2,1H3,(H2,13,14). The number of hydrogen-bond acceptors (Lipinski definition) is 4. The molecule has 1 aromatic rings. The van der Waals surface area contributed by atoms with Gasteiger partial charge in [-0.15, -0.1) is 0 Å². The molecule has 0 amide bonds. The lowest BCUT2D eigenvalue weighted by Gasteiger charge is -2.27. The fourth-order valence-electron chi connectivity index (χ4n) is 2.35. The van der Waals surface area contributed by atoms with Crippen molar-refractivity contribution in [2.75, 3.05) is 17.7 Å². The van der Waals surface area contributed by atoms with E-state index in [4.69, 9.17) is 5.73 Å². The van der Waals surface area contributed by atoms with Crippen LogP contribution in [0.15, 0.2) is 12.4 Å². The van der Waals surface area contributed by atoms with Crippen molar-refractivity contribution in [3.63, 3.8) is 0 Å². The van der Waals surface area contributed by atoms with Crippen molar-refractivity contribution in [2.45, 2.75) is 44.6 Å². The Morgan fingerprint density at radius 1 is 1.12 bits per heavy atom. The summed E-state index contributed by atoms with van der Waals surface area (Å²) in [5.74, 6) is 1.42. The number of hydrogen-bond donors (Lipinski definition) is 1. The maximum atomic E-state index is 5.54. The van der Waals surface area contributed by atoms with Gasteiger partial charge in [-0.1, -0.05) is 25.7 Å². The first kappa shape index (κ1) is 11.2. The van der Waals surface area contributed by atoms with E-state index < -0.39 is 0 Å². The summed E-state index contributed by atoms with van der Waals surface area (Å²) in [6, 6.07) is 0.612. The molecule has 0 aliphatic heterocycles. The van der Waals surface area contributed by atoms with Crippen molar-refractivity contribution in [1.29, 1.82) is 0 Å². The van der Waals surface area contributed by atoms with Crippen LogP contribution in [-0.4, -0.2) is 23.1 Å². The van der Waals surface area contributed by atoms with Gasteiger partial charge >= 0.3 is 0 Å². The Morgan fingerprint density at radius 2 is 1.81 bits per heavy atom. The van der Waals surface area contributed by atoms with E-state index in [1.807, 2.05) is 0 Å². The molecule has 1 aliphatic carbocycles. The zero-order chi connectivity index (χ0) is 11.4. The van der Waals surface area contributed by atoms with Gasteiger partial charge in [0.1, 0.15) is 11.6 Å². The van der Waals surface area contributed by atoms with E-state index >= 15 is 0 Å². The number of aromatic nitrogens is 2. The quantitative estimate of drug-likeness (QED) is 0.776. The lowest BCUT2D eigenvalue weighted by molar-refractivity contribution is 0.548. The van der Waals surface area contributed by atoms with Crippen LogP contribution in [0.1, 0.15) is 38.5 Å². The van der Waals surface area contributed by atoms with Gasteiger partial charge in [-0.3, -0.25) is 0 Å². The molecule has 1 aliphatic rings. The Kier molecular flexibility index (Phi) is 3.59. The molecule has 0 spiro atoms. The van der Waals surface area contributed by atoms with Crippen molar-refractivity contribution in [2.24, 2.45) is 0 Å². The third-order valence-electron chi connectivity index (χ3n) is 3.39. The third-order valence-corrected chi connectivity index (χ3v) is 3.39. The Hall–Kier alpha value is -1.32. The molecule has 0 atom stereocenters. The normalized spacial score (nSPS) is 18.1. The predicted molar refractivity (Wildman–Crippen MR) is 66.3 cm³/mol. The number of anilines is 2. The highest BCUT2D eigenvalue weighted by molar-refractivity contribution is 5.39. The molecule has 2 N–H and O–H groups in total. The summed E-state index contributed by atoms with van der Waals surface area (Å²) in [6.45, 7) is 0. The van der Waals surface area contributed by atoms with E-state index in [9.17, 15) is 0 Å². The van der Waals surface area contributed by atoms with Crippen LogP contribution in [0, 0.1) is 0 Å². The fraction of sp³-hybridized carbons (Fsp3) is 0.667. The first-order chi connectivity index (χ1) is 7.77. The SMILES string of the molecule is CN(c1cnc(N)cn1)C1CCCCCC1. The van der Waals surface area contributed by atoms with Crippen LogP contribution in [0.3, 0.4) is 0 Å². The van der Waals surface area contributed by atoms with Gasteiger partial charge in [0.25, 0.3) is 0 Å². The average Bonchev–Trinajstić information content (AvgIpc) is 2.57. The van der Waals surface area contributed by atoms with Crippen LogP contribution in [-0.2, 0) is 0 Å². The number of rotatable bonds is 2. The highest BCUT2D eigenvalue weighted by Crippen LogP contribution is 2.23. The molecule has 2 rings (SSSR count). The van der Waals surface area contributed by atoms with E-state index in [1.165, 1.54) is 38.5 Å². The van der Waals surface area contributed by atoms with E-state index in [-0.39, 0.29) is 0 Å². The highest BCUT2D eigenvalue weighted by atomic mass is 15.2. The molecule has 0 aromatic carbocycles. The summed E-state index contributed by atoms with van der Waals surface area (Å²) in [5, 5.41) is 0. The van der Waals surface area contributed by atoms with Crippen molar-refractivity contribution >= 4 is 11.6 Å². The summed E-state index contributed by atoms with van der Waals surface area (Å²) >= 11 is 0. The van der Waals surface area contributed by atoms with Gasteiger partial charge in [-0.25, -0.2) is 9.97 Å². The van der Waals surface area contributed by atoms with Gasteiger partial charge in [0.05, 0.1) is 12.4 Å². The monoisotopic (exact) mass is 220 g/mol. The Labute approximate surface area is 96.9 Å². The molecular formula is C12H20N4. The molecule has 0 unspecified atom stereocenters. The molecule has 1 fully saturated rings. The van der Waals surface area contributed by atoms with E-state index in [1.54, 1.807) is 12.4 Å². The van der Waals surface area contributed by atoms with E-state index in [2.05, 4.69) is 21.9 Å². The predicted octanol–water partition coefficient (Wildman–Crippen LogP) is 2.22. The highest BCUT2D eigenvalue weighted by Gasteiger charge is 2.18. The van der Waals surface area contributed by atoms with Crippen molar-refractivity contribution in [3.8, 4) is 0 Å². The number of nitrogen functional groups attached to an aromatic ring is 1. The van der Waals surface area contributed by atoms with Crippen LogP contribution in [0.4, 0.5) is 11.6 Å². The topological polar surface area (TPSA) is 55.0 Å².